The van der Waals surface area contributed by atoms with Crippen molar-refractivity contribution in [2.45, 2.75) is 22.6 Å². The molecule has 0 aromatic heterocycles. The Morgan fingerprint density at radius 1 is 0.667 bits per heavy atom. The Hall–Kier alpha value is -0.800. The molecule has 14 heteroatoms. The molecule has 0 aliphatic rings. The van der Waals surface area contributed by atoms with Crippen LogP contribution in [-0.2, 0) is 19.2 Å². The molecule has 0 unspecified atom stereocenters. The maximum Gasteiger partial charge on any atom is 0.321 e. The molecule has 0 aliphatic carbocycles. The summed E-state index contributed by atoms with van der Waals surface area (Å²) < 4.78 is 0. The molecule has 138 valence electrons. The average molecular weight is 421 g/mol. The lowest BCUT2D eigenvalue weighted by Crippen LogP contribution is -2.36. The smallest absolute Gasteiger partial charge is 0.321 e. The van der Waals surface area contributed by atoms with E-state index in [4.69, 9.17) is 21.7 Å². The van der Waals surface area contributed by atoms with Gasteiger partial charge in [-0.2, -0.15) is 0 Å². The third kappa shape index (κ3) is 8.89. The number of carboxylic acids is 4. The zero-order chi connectivity index (χ0) is 18.9. The number of nitrogens with two attached hydrogens (primary N) is 2. The molecule has 0 aromatic rings. The van der Waals surface area contributed by atoms with E-state index in [0.717, 1.165) is 21.6 Å². The van der Waals surface area contributed by atoms with Gasteiger partial charge in [-0.15, -0.1) is 0 Å². The van der Waals surface area contributed by atoms with Gasteiger partial charge in [0.25, 0.3) is 0 Å². The number of hydrogen-bond donors (Lipinski definition) is 6. The Labute approximate surface area is 152 Å². The van der Waals surface area contributed by atoms with Crippen LogP contribution in [-0.4, -0.2) is 78.4 Å². The molecule has 8 N–H and O–H groups in total. The molecule has 0 radical (unpaired) electrons. The first-order valence-corrected chi connectivity index (χ1v) is 10.8. The Morgan fingerprint density at radius 3 is 1.17 bits per heavy atom. The van der Waals surface area contributed by atoms with Crippen molar-refractivity contribution in [1.82, 2.24) is 0 Å². The van der Waals surface area contributed by atoms with Crippen molar-refractivity contribution >= 4 is 67.1 Å². The molecule has 0 aliphatic heterocycles. The molecule has 0 aromatic carbocycles. The molecule has 24 heavy (non-hydrogen) atoms. The molecule has 4 atom stereocenters. The minimum absolute atomic E-state index is 0.0994. The van der Waals surface area contributed by atoms with Crippen LogP contribution in [0.2, 0.25) is 0 Å². The average Bonchev–Trinajstić information content (AvgIpc) is 2.47. The molecular weight excluding hydrogens is 404 g/mol. The van der Waals surface area contributed by atoms with Gasteiger partial charge >= 0.3 is 23.9 Å². The van der Waals surface area contributed by atoms with Crippen LogP contribution in [0, 0.1) is 0 Å². The second-order valence-corrected chi connectivity index (χ2v) is 9.28. The summed E-state index contributed by atoms with van der Waals surface area (Å²) in [5.41, 5.74) is 10.6. The van der Waals surface area contributed by atoms with Crippen LogP contribution < -0.4 is 11.5 Å². The van der Waals surface area contributed by atoms with Gasteiger partial charge in [0.15, 0.2) is 0 Å². The van der Waals surface area contributed by atoms with Gasteiger partial charge in [0.1, 0.15) is 22.6 Å². The highest BCUT2D eigenvalue weighted by Crippen LogP contribution is 2.38. The van der Waals surface area contributed by atoms with E-state index in [1.54, 1.807) is 0 Å². The molecule has 0 spiro atoms. The van der Waals surface area contributed by atoms with Crippen molar-refractivity contribution in [3.63, 3.8) is 0 Å². The van der Waals surface area contributed by atoms with Gasteiger partial charge in [0, 0.05) is 11.5 Å². The lowest BCUT2D eigenvalue weighted by molar-refractivity contribution is -0.142. The van der Waals surface area contributed by atoms with Gasteiger partial charge in [-0.25, -0.2) is 0 Å². The van der Waals surface area contributed by atoms with Gasteiger partial charge < -0.3 is 31.9 Å². The fraction of sp³-hybridized carbons (Fsp3) is 0.600. The highest BCUT2D eigenvalue weighted by Gasteiger charge is 2.36. The second kappa shape index (κ2) is 11.7. The quantitative estimate of drug-likeness (QED) is 0.208. The molecule has 0 saturated carbocycles. The van der Waals surface area contributed by atoms with Crippen molar-refractivity contribution in [3.8, 4) is 0 Å². The van der Waals surface area contributed by atoms with Crippen LogP contribution in [0.15, 0.2) is 0 Å². The molecule has 0 heterocycles. The third-order valence-corrected chi connectivity index (χ3v) is 7.91. The lowest BCUT2D eigenvalue weighted by atomic mass is 10.3. The minimum atomic E-state index is -1.39. The number of rotatable bonds is 13. The first kappa shape index (κ1) is 23.2. The Morgan fingerprint density at radius 2 is 0.958 bits per heavy atom. The van der Waals surface area contributed by atoms with Crippen molar-refractivity contribution in [1.29, 1.82) is 0 Å². The predicted octanol–water partition coefficient (Wildman–Crippen LogP) is -0.521. The van der Waals surface area contributed by atoms with Gasteiger partial charge in [0.05, 0.1) is 0 Å². The molecule has 0 fully saturated rings. The predicted molar refractivity (Wildman–Crippen MR) is 94.2 cm³/mol. The first-order chi connectivity index (χ1) is 11.1. The topological polar surface area (TPSA) is 201 Å². The number of hydrogen-bond acceptors (Lipinski definition) is 10. The monoisotopic (exact) mass is 420 g/mol. The van der Waals surface area contributed by atoms with Crippen molar-refractivity contribution in [2.24, 2.45) is 11.5 Å². The van der Waals surface area contributed by atoms with E-state index in [-0.39, 0.29) is 11.5 Å². The Kier molecular flexibility index (Phi) is 11.3. The summed E-state index contributed by atoms with van der Waals surface area (Å²) in [5.74, 6) is -5.48. The van der Waals surface area contributed by atoms with Crippen LogP contribution in [0.5, 0.6) is 0 Å². The zero-order valence-electron chi connectivity index (χ0n) is 11.9. The highest BCUT2D eigenvalue weighted by molar-refractivity contribution is 8.79. The molecule has 0 bridgehead atoms. The van der Waals surface area contributed by atoms with Crippen molar-refractivity contribution in [3.05, 3.63) is 0 Å². The van der Waals surface area contributed by atoms with Crippen LogP contribution in [0.1, 0.15) is 0 Å². The zero-order valence-corrected chi connectivity index (χ0v) is 15.2. The van der Waals surface area contributed by atoms with Crippen LogP contribution in [0.4, 0.5) is 0 Å². The van der Waals surface area contributed by atoms with E-state index in [9.17, 15) is 29.4 Å². The summed E-state index contributed by atoms with van der Waals surface area (Å²) in [6.07, 6.45) is 0. The summed E-state index contributed by atoms with van der Waals surface area (Å²) in [6, 6.07) is -2.40. The van der Waals surface area contributed by atoms with Crippen molar-refractivity contribution < 1.29 is 39.6 Å². The standard InChI is InChI=1S/C10H16N2O8S4/c11-3(7(13)14)1-21-23-5(9(17)18)6(10(19)20)24-22-2-4(12)8(15)16/h3-6H,1-2,11-12H2,(H,13,14)(H,15,16)(H,17,18)(H,19,20)/t3-,4+,5-,6-/m0/s1. The van der Waals surface area contributed by atoms with Gasteiger partial charge in [-0.05, 0) is 0 Å². The van der Waals surface area contributed by atoms with E-state index in [1.807, 2.05) is 0 Å². The fourth-order valence-corrected chi connectivity index (χ4v) is 6.73. The number of aliphatic carboxylic acids is 4. The number of carboxylic acid groups (broad SMARTS) is 4. The maximum atomic E-state index is 11.3. The van der Waals surface area contributed by atoms with E-state index < -0.39 is 46.5 Å². The normalized spacial score (nSPS) is 15.9. The molecule has 0 amide bonds. The molecule has 0 rings (SSSR count). The van der Waals surface area contributed by atoms with E-state index in [0.29, 0.717) is 21.6 Å². The summed E-state index contributed by atoms with van der Waals surface area (Å²) in [7, 11) is 3.06. The van der Waals surface area contributed by atoms with Crippen LogP contribution in [0.25, 0.3) is 0 Å². The minimum Gasteiger partial charge on any atom is -0.480 e. The summed E-state index contributed by atoms with van der Waals surface area (Å²) >= 11 is 0. The highest BCUT2D eigenvalue weighted by atomic mass is 33.1. The van der Waals surface area contributed by atoms with Gasteiger partial charge in [-0.1, -0.05) is 43.2 Å². The fourth-order valence-electron chi connectivity index (χ4n) is 0.957. The Balaban J connectivity index is 4.68. The maximum absolute atomic E-state index is 11.3. The van der Waals surface area contributed by atoms with E-state index in [1.165, 1.54) is 0 Å². The molecular formula is C10H16N2O8S4. The summed E-state index contributed by atoms with van der Waals surface area (Å²) in [4.78, 5) is 43.7. The largest absolute Gasteiger partial charge is 0.480 e. The Bertz CT molecular complexity index is 438. The number of carbonyl (C=O) groups is 4. The summed E-state index contributed by atoms with van der Waals surface area (Å²) in [5, 5.41) is 32.9. The second-order valence-electron chi connectivity index (χ2n) is 4.17. The third-order valence-electron chi connectivity index (χ3n) is 2.23. The van der Waals surface area contributed by atoms with Crippen LogP contribution >= 0.6 is 43.2 Å². The molecule has 10 nitrogen and oxygen atoms in total. The van der Waals surface area contributed by atoms with Crippen molar-refractivity contribution in [2.75, 3.05) is 11.5 Å². The molecule has 0 saturated heterocycles. The van der Waals surface area contributed by atoms with Gasteiger partial charge in [-0.3, -0.25) is 19.2 Å². The van der Waals surface area contributed by atoms with E-state index >= 15 is 0 Å². The lowest BCUT2D eigenvalue weighted by Gasteiger charge is -2.19. The van der Waals surface area contributed by atoms with E-state index in [2.05, 4.69) is 0 Å². The summed E-state index contributed by atoms with van der Waals surface area (Å²) in [6.45, 7) is 0. The van der Waals surface area contributed by atoms with Gasteiger partial charge in [0.2, 0.25) is 0 Å². The SMILES string of the molecule is N[C@H](CSS[C@H](C(=O)O)[C@H](SSC[C@H](N)C(=O)O)C(=O)O)C(=O)O. The van der Waals surface area contributed by atoms with Crippen LogP contribution in [0.3, 0.4) is 0 Å². The first-order valence-electron chi connectivity index (χ1n) is 6.06.